The van der Waals surface area contributed by atoms with Crippen LogP contribution < -0.4 is 16.4 Å². The van der Waals surface area contributed by atoms with Crippen LogP contribution in [0, 0.1) is 0 Å². The fourth-order valence-corrected chi connectivity index (χ4v) is 2.01. The lowest BCUT2D eigenvalue weighted by Crippen LogP contribution is -2.13. The van der Waals surface area contributed by atoms with Gasteiger partial charge >= 0.3 is 0 Å². The number of nitrogen functional groups attached to an aromatic ring is 1. The molecule has 0 radical (unpaired) electrons. The predicted molar refractivity (Wildman–Crippen MR) is 67.3 cm³/mol. The van der Waals surface area contributed by atoms with Crippen molar-refractivity contribution in [2.45, 2.75) is 6.17 Å². The van der Waals surface area contributed by atoms with Crippen LogP contribution in [0.3, 0.4) is 0 Å². The van der Waals surface area contributed by atoms with E-state index in [-0.39, 0.29) is 6.17 Å². The van der Waals surface area contributed by atoms with Gasteiger partial charge < -0.3 is 16.4 Å². The van der Waals surface area contributed by atoms with Crippen LogP contribution in [0.2, 0.25) is 0 Å². The summed E-state index contributed by atoms with van der Waals surface area (Å²) in [4.78, 5) is 0. The second kappa shape index (κ2) is 3.45. The van der Waals surface area contributed by atoms with Gasteiger partial charge in [-0.05, 0) is 18.2 Å². The first kappa shape index (κ1) is 9.09. The molecule has 0 saturated heterocycles. The van der Waals surface area contributed by atoms with Crippen molar-refractivity contribution < 1.29 is 0 Å². The quantitative estimate of drug-likeness (QED) is 0.636. The van der Waals surface area contributed by atoms with Gasteiger partial charge in [-0.2, -0.15) is 0 Å². The highest BCUT2D eigenvalue weighted by Gasteiger charge is 2.21. The van der Waals surface area contributed by atoms with Crippen molar-refractivity contribution in [1.82, 2.24) is 0 Å². The summed E-state index contributed by atoms with van der Waals surface area (Å²) >= 11 is 0. The molecule has 1 aliphatic rings. The number of anilines is 3. The molecular formula is C13H13N3. The number of fused-ring (bicyclic) bond motifs is 1. The summed E-state index contributed by atoms with van der Waals surface area (Å²) in [7, 11) is 0. The lowest BCUT2D eigenvalue weighted by atomic mass is 10.1. The Morgan fingerprint density at radius 1 is 0.812 bits per heavy atom. The fourth-order valence-electron chi connectivity index (χ4n) is 2.01. The van der Waals surface area contributed by atoms with Gasteiger partial charge in [-0.25, -0.2) is 0 Å². The number of rotatable bonds is 1. The molecule has 16 heavy (non-hydrogen) atoms. The van der Waals surface area contributed by atoms with Crippen LogP contribution in [0.15, 0.2) is 48.5 Å². The zero-order valence-corrected chi connectivity index (χ0v) is 8.77. The maximum atomic E-state index is 5.96. The van der Waals surface area contributed by atoms with Gasteiger partial charge in [-0.3, -0.25) is 0 Å². The maximum absolute atomic E-state index is 5.96. The molecule has 80 valence electrons. The summed E-state index contributed by atoms with van der Waals surface area (Å²) in [6, 6.07) is 16.0. The average molecular weight is 211 g/mol. The van der Waals surface area contributed by atoms with E-state index in [1.54, 1.807) is 0 Å². The molecule has 0 amide bonds. The van der Waals surface area contributed by atoms with Crippen molar-refractivity contribution in [3.05, 3.63) is 54.1 Å². The van der Waals surface area contributed by atoms with Gasteiger partial charge in [0.1, 0.15) is 6.17 Å². The molecule has 0 fully saturated rings. The molecule has 0 bridgehead atoms. The first-order chi connectivity index (χ1) is 7.84. The van der Waals surface area contributed by atoms with E-state index in [9.17, 15) is 0 Å². The van der Waals surface area contributed by atoms with E-state index in [1.165, 1.54) is 0 Å². The Morgan fingerprint density at radius 3 is 2.00 bits per heavy atom. The van der Waals surface area contributed by atoms with Crippen LogP contribution in [0.25, 0.3) is 0 Å². The molecule has 0 saturated carbocycles. The van der Waals surface area contributed by atoms with Crippen molar-refractivity contribution in [3.63, 3.8) is 0 Å². The number of hydrogen-bond acceptors (Lipinski definition) is 3. The minimum absolute atomic E-state index is 0.0681. The Labute approximate surface area is 94.3 Å². The number of hydrogen-bond donors (Lipinski definition) is 3. The highest BCUT2D eigenvalue weighted by Crippen LogP contribution is 2.36. The van der Waals surface area contributed by atoms with Crippen LogP contribution in [0.5, 0.6) is 0 Å². The van der Waals surface area contributed by atoms with Gasteiger partial charge in [0.05, 0.1) is 11.4 Å². The van der Waals surface area contributed by atoms with Crippen molar-refractivity contribution in [1.29, 1.82) is 0 Å². The lowest BCUT2D eigenvalue weighted by molar-refractivity contribution is 0.945. The Balaban J connectivity index is 1.95. The molecule has 3 nitrogen and oxygen atoms in total. The highest BCUT2D eigenvalue weighted by molar-refractivity contribution is 5.75. The Morgan fingerprint density at radius 2 is 1.38 bits per heavy atom. The van der Waals surface area contributed by atoms with Crippen molar-refractivity contribution in [2.75, 3.05) is 16.4 Å². The molecule has 2 aromatic carbocycles. The van der Waals surface area contributed by atoms with Crippen LogP contribution in [0.1, 0.15) is 11.7 Å². The molecule has 4 N–H and O–H groups in total. The van der Waals surface area contributed by atoms with Crippen molar-refractivity contribution >= 4 is 17.1 Å². The molecule has 0 aliphatic carbocycles. The number of nitrogens with two attached hydrogens (primary N) is 1. The average Bonchev–Trinajstić information content (AvgIpc) is 2.73. The molecular weight excluding hydrogens is 198 g/mol. The van der Waals surface area contributed by atoms with Gasteiger partial charge in [0.2, 0.25) is 0 Å². The van der Waals surface area contributed by atoms with Crippen molar-refractivity contribution in [3.8, 4) is 0 Å². The molecule has 0 spiro atoms. The summed E-state index contributed by atoms with van der Waals surface area (Å²) < 4.78 is 0. The van der Waals surface area contributed by atoms with E-state index in [1.807, 2.05) is 36.4 Å². The van der Waals surface area contributed by atoms with Gasteiger partial charge in [-0.15, -0.1) is 0 Å². The molecule has 0 aromatic heterocycles. The zero-order valence-electron chi connectivity index (χ0n) is 8.77. The predicted octanol–water partition coefficient (Wildman–Crippen LogP) is 2.81. The van der Waals surface area contributed by atoms with Gasteiger partial charge in [0.15, 0.2) is 0 Å². The minimum Gasteiger partial charge on any atom is -0.398 e. The van der Waals surface area contributed by atoms with E-state index >= 15 is 0 Å². The Bertz CT molecular complexity index is 497. The third kappa shape index (κ3) is 1.37. The summed E-state index contributed by atoms with van der Waals surface area (Å²) in [6.07, 6.45) is 0.0681. The van der Waals surface area contributed by atoms with E-state index in [0.717, 1.165) is 22.6 Å². The topological polar surface area (TPSA) is 50.1 Å². The van der Waals surface area contributed by atoms with Crippen LogP contribution in [0.4, 0.5) is 17.1 Å². The highest BCUT2D eigenvalue weighted by atomic mass is 15.2. The summed E-state index contributed by atoms with van der Waals surface area (Å²) in [6.45, 7) is 0. The van der Waals surface area contributed by atoms with Crippen molar-refractivity contribution in [2.24, 2.45) is 0 Å². The fraction of sp³-hybridized carbons (Fsp3) is 0.0769. The monoisotopic (exact) mass is 211 g/mol. The van der Waals surface area contributed by atoms with Gasteiger partial charge in [0, 0.05) is 11.3 Å². The third-order valence-corrected chi connectivity index (χ3v) is 2.83. The maximum Gasteiger partial charge on any atom is 0.125 e. The second-order valence-corrected chi connectivity index (χ2v) is 3.90. The molecule has 3 heteroatoms. The van der Waals surface area contributed by atoms with Gasteiger partial charge in [0.25, 0.3) is 0 Å². The van der Waals surface area contributed by atoms with Crippen LogP contribution in [-0.4, -0.2) is 0 Å². The molecule has 0 unspecified atom stereocenters. The molecule has 3 rings (SSSR count). The number of nitrogens with one attached hydrogen (secondary N) is 2. The molecule has 1 aliphatic heterocycles. The second-order valence-electron chi connectivity index (χ2n) is 3.90. The smallest absolute Gasteiger partial charge is 0.125 e. The Kier molecular flexibility index (Phi) is 1.96. The first-order valence-corrected chi connectivity index (χ1v) is 5.31. The van der Waals surface area contributed by atoms with Crippen LogP contribution in [-0.2, 0) is 0 Å². The SMILES string of the molecule is Nc1ccccc1C1Nc2ccccc2N1. The van der Waals surface area contributed by atoms with E-state index in [2.05, 4.69) is 22.8 Å². The zero-order chi connectivity index (χ0) is 11.0. The molecule has 0 atom stereocenters. The minimum atomic E-state index is 0.0681. The Hall–Kier alpha value is -2.16. The normalized spacial score (nSPS) is 14.0. The molecule has 1 heterocycles. The number of para-hydroxylation sites is 3. The lowest BCUT2D eigenvalue weighted by Gasteiger charge is -2.14. The van der Waals surface area contributed by atoms with Gasteiger partial charge in [-0.1, -0.05) is 30.3 Å². The first-order valence-electron chi connectivity index (χ1n) is 5.31. The summed E-state index contributed by atoms with van der Waals surface area (Å²) in [5, 5.41) is 6.80. The van der Waals surface area contributed by atoms with E-state index in [0.29, 0.717) is 0 Å². The summed E-state index contributed by atoms with van der Waals surface area (Å²) in [5.41, 5.74) is 10.1. The standard InChI is InChI=1S/C13H13N3/c14-10-6-2-1-5-9(10)13-15-11-7-3-4-8-12(11)16-13/h1-8,13,15-16H,14H2. The molecule has 2 aromatic rings. The van der Waals surface area contributed by atoms with Crippen LogP contribution >= 0.6 is 0 Å². The summed E-state index contributed by atoms with van der Waals surface area (Å²) in [5.74, 6) is 0. The number of benzene rings is 2. The van der Waals surface area contributed by atoms with E-state index in [4.69, 9.17) is 5.73 Å². The third-order valence-electron chi connectivity index (χ3n) is 2.83. The van der Waals surface area contributed by atoms with E-state index < -0.39 is 0 Å². The largest absolute Gasteiger partial charge is 0.398 e.